The number of hydrogen-bond donors (Lipinski definition) is 0. The van der Waals surface area contributed by atoms with Crippen LogP contribution in [0.1, 0.15) is 42.2 Å². The first-order chi connectivity index (χ1) is 16.5. The molecule has 9 heteroatoms. The molecule has 0 saturated carbocycles. The van der Waals surface area contributed by atoms with E-state index in [0.29, 0.717) is 12.0 Å². The van der Waals surface area contributed by atoms with Gasteiger partial charge in [-0.05, 0) is 54.7 Å². The van der Waals surface area contributed by atoms with E-state index in [4.69, 9.17) is 9.47 Å². The molecule has 3 atom stereocenters. The second-order valence-corrected chi connectivity index (χ2v) is 8.42. The first kappa shape index (κ1) is 26.4. The van der Waals surface area contributed by atoms with E-state index in [1.807, 2.05) is 38.1 Å². The van der Waals surface area contributed by atoms with Crippen LogP contribution in [0.15, 0.2) is 54.6 Å². The van der Waals surface area contributed by atoms with Gasteiger partial charge in [-0.15, -0.1) is 0 Å². The van der Waals surface area contributed by atoms with Crippen LogP contribution in [0.25, 0.3) is 5.57 Å². The van der Waals surface area contributed by atoms with Crippen molar-refractivity contribution in [2.24, 2.45) is 0 Å². The summed E-state index contributed by atoms with van der Waals surface area (Å²) in [5.41, 5.74) is 2.20. The van der Waals surface area contributed by atoms with Gasteiger partial charge in [-0.1, -0.05) is 36.4 Å². The molecule has 0 bridgehead atoms. The molecule has 0 N–H and O–H groups in total. The molecule has 1 fully saturated rings. The van der Waals surface area contributed by atoms with Crippen molar-refractivity contribution in [1.82, 2.24) is 4.90 Å². The maximum absolute atomic E-state index is 13.2. The number of ether oxygens (including phenoxy) is 3. The Bertz CT molecular complexity index is 1080. The number of halogens is 3. The van der Waals surface area contributed by atoms with Crippen LogP contribution in [0.5, 0.6) is 0 Å². The fourth-order valence-corrected chi connectivity index (χ4v) is 4.05. The molecule has 1 aliphatic heterocycles. The smallest absolute Gasteiger partial charge is 0.416 e. The first-order valence-electron chi connectivity index (χ1n) is 11.0. The van der Waals surface area contributed by atoms with E-state index in [2.05, 4.69) is 4.74 Å². The van der Waals surface area contributed by atoms with Gasteiger partial charge in [0.05, 0.1) is 25.9 Å². The Morgan fingerprint density at radius 1 is 1.14 bits per heavy atom. The molecular formula is C26H28F3NO5. The monoisotopic (exact) mass is 491 g/mol. The lowest BCUT2D eigenvalue weighted by atomic mass is 10.0. The minimum Gasteiger partial charge on any atom is -0.466 e. The lowest BCUT2D eigenvalue weighted by Crippen LogP contribution is -2.44. The zero-order valence-corrected chi connectivity index (χ0v) is 20.0. The van der Waals surface area contributed by atoms with Crippen LogP contribution < -0.4 is 0 Å². The van der Waals surface area contributed by atoms with E-state index < -0.39 is 36.0 Å². The van der Waals surface area contributed by atoms with Crippen LogP contribution in [0.2, 0.25) is 0 Å². The zero-order chi connectivity index (χ0) is 25.8. The van der Waals surface area contributed by atoms with Crippen molar-refractivity contribution in [3.63, 3.8) is 0 Å². The highest BCUT2D eigenvalue weighted by atomic mass is 19.4. The van der Waals surface area contributed by atoms with Crippen LogP contribution >= 0.6 is 0 Å². The van der Waals surface area contributed by atoms with Gasteiger partial charge in [0, 0.05) is 18.7 Å². The summed E-state index contributed by atoms with van der Waals surface area (Å²) >= 11 is 0. The average Bonchev–Trinajstić information content (AvgIpc) is 3.29. The van der Waals surface area contributed by atoms with Crippen LogP contribution in [0.4, 0.5) is 13.2 Å². The van der Waals surface area contributed by atoms with E-state index in [1.165, 1.54) is 26.4 Å². The number of carbonyl (C=O) groups is 2. The number of esters is 2. The number of alkyl halides is 3. The molecule has 2 aromatic rings. The third-order valence-corrected chi connectivity index (χ3v) is 6.00. The fraction of sp³-hybridized carbons (Fsp3) is 0.385. The molecule has 6 nitrogen and oxygen atoms in total. The predicted molar refractivity (Wildman–Crippen MR) is 123 cm³/mol. The van der Waals surface area contributed by atoms with Gasteiger partial charge in [0.15, 0.2) is 0 Å². The maximum atomic E-state index is 13.2. The van der Waals surface area contributed by atoms with E-state index in [-0.39, 0.29) is 12.6 Å². The van der Waals surface area contributed by atoms with Crippen molar-refractivity contribution in [2.75, 3.05) is 20.8 Å². The van der Waals surface area contributed by atoms with Gasteiger partial charge >= 0.3 is 18.1 Å². The number of benzene rings is 2. The van der Waals surface area contributed by atoms with E-state index in [1.54, 1.807) is 11.0 Å². The maximum Gasteiger partial charge on any atom is 0.416 e. The molecule has 1 saturated heterocycles. The Hall–Kier alpha value is -3.17. The molecule has 188 valence electrons. The van der Waals surface area contributed by atoms with Crippen molar-refractivity contribution in [2.45, 2.75) is 44.8 Å². The Morgan fingerprint density at radius 2 is 1.83 bits per heavy atom. The minimum atomic E-state index is -4.47. The van der Waals surface area contributed by atoms with E-state index >= 15 is 0 Å². The van der Waals surface area contributed by atoms with E-state index in [9.17, 15) is 22.8 Å². The number of rotatable bonds is 7. The zero-order valence-electron chi connectivity index (χ0n) is 20.0. The van der Waals surface area contributed by atoms with Gasteiger partial charge in [0.1, 0.15) is 0 Å². The van der Waals surface area contributed by atoms with Crippen molar-refractivity contribution in [3.8, 4) is 0 Å². The van der Waals surface area contributed by atoms with Crippen LogP contribution in [-0.4, -0.2) is 49.9 Å². The lowest BCUT2D eigenvalue weighted by Gasteiger charge is -2.27. The topological polar surface area (TPSA) is 65.1 Å². The van der Waals surface area contributed by atoms with E-state index in [0.717, 1.165) is 28.8 Å². The molecule has 1 heterocycles. The molecular weight excluding hydrogens is 463 g/mol. The fourth-order valence-electron chi connectivity index (χ4n) is 4.05. The van der Waals surface area contributed by atoms with Crippen molar-refractivity contribution in [3.05, 3.63) is 76.9 Å². The van der Waals surface area contributed by atoms with Crippen molar-refractivity contribution < 1.29 is 37.0 Å². The normalized spacial score (nSPS) is 19.9. The van der Waals surface area contributed by atoms with Gasteiger partial charge in [-0.2, -0.15) is 13.2 Å². The quantitative estimate of drug-likeness (QED) is 0.410. The molecule has 0 radical (unpaired) electrons. The third kappa shape index (κ3) is 6.49. The van der Waals surface area contributed by atoms with Crippen LogP contribution in [0, 0.1) is 0 Å². The molecule has 0 aromatic heterocycles. The Kier molecular flexibility index (Phi) is 8.34. The highest BCUT2D eigenvalue weighted by molar-refractivity contribution is 5.90. The molecule has 3 rings (SSSR count). The minimum absolute atomic E-state index is 0.174. The SMILES string of the molecule is COC(=O)/C=C(\C)c1ccc(CC(C)N2CC(c3cccc(C(F)(F)F)c3)OC2C(=O)OC)cc1. The van der Waals surface area contributed by atoms with Gasteiger partial charge in [0.25, 0.3) is 0 Å². The standard InChI is InChI=1S/C26H28F3NO5/c1-16(12-23(31)33-3)19-10-8-18(9-11-19)13-17(2)30-15-22(35-24(30)25(32)34-4)20-6-5-7-21(14-20)26(27,28)29/h5-12,14,17,22,24H,13,15H2,1-4H3/b16-12+. The first-order valence-corrected chi connectivity index (χ1v) is 11.0. The van der Waals surface area contributed by atoms with Crippen LogP contribution in [0.3, 0.4) is 0 Å². The summed E-state index contributed by atoms with van der Waals surface area (Å²) in [4.78, 5) is 25.7. The second-order valence-electron chi connectivity index (χ2n) is 8.42. The Morgan fingerprint density at radius 3 is 2.43 bits per heavy atom. The highest BCUT2D eigenvalue weighted by Gasteiger charge is 2.42. The van der Waals surface area contributed by atoms with Crippen molar-refractivity contribution >= 4 is 17.5 Å². The number of hydrogen-bond acceptors (Lipinski definition) is 6. The Balaban J connectivity index is 1.76. The lowest BCUT2D eigenvalue weighted by molar-refractivity contribution is -0.162. The molecule has 0 spiro atoms. The van der Waals surface area contributed by atoms with Crippen molar-refractivity contribution in [1.29, 1.82) is 0 Å². The van der Waals surface area contributed by atoms with Gasteiger partial charge in [0.2, 0.25) is 6.23 Å². The summed E-state index contributed by atoms with van der Waals surface area (Å²) in [7, 11) is 2.56. The van der Waals surface area contributed by atoms with Gasteiger partial charge in [-0.3, -0.25) is 4.90 Å². The molecule has 0 aliphatic carbocycles. The molecule has 3 unspecified atom stereocenters. The summed E-state index contributed by atoms with van der Waals surface area (Å²) in [6.45, 7) is 3.97. The van der Waals surface area contributed by atoms with Crippen LogP contribution in [-0.2, 0) is 36.4 Å². The number of nitrogens with zero attached hydrogens (tertiary/aromatic N) is 1. The summed E-state index contributed by atoms with van der Waals surface area (Å²) in [6.07, 6.45) is -4.24. The molecule has 35 heavy (non-hydrogen) atoms. The molecule has 2 aromatic carbocycles. The largest absolute Gasteiger partial charge is 0.466 e. The average molecular weight is 492 g/mol. The van der Waals surface area contributed by atoms with Gasteiger partial charge in [-0.25, -0.2) is 9.59 Å². The highest BCUT2D eigenvalue weighted by Crippen LogP contribution is 2.35. The predicted octanol–water partition coefficient (Wildman–Crippen LogP) is 4.79. The number of allylic oxidation sites excluding steroid dienone is 1. The summed E-state index contributed by atoms with van der Waals surface area (Å²) in [5.74, 6) is -1.04. The summed E-state index contributed by atoms with van der Waals surface area (Å²) in [5, 5.41) is 0. The number of carbonyl (C=O) groups excluding carboxylic acids is 2. The molecule has 0 amide bonds. The second kappa shape index (κ2) is 11.0. The Labute approximate surface area is 202 Å². The third-order valence-electron chi connectivity index (χ3n) is 6.00. The molecule has 1 aliphatic rings. The number of methoxy groups -OCH3 is 2. The summed E-state index contributed by atoms with van der Waals surface area (Å²) < 4.78 is 54.9. The van der Waals surface area contributed by atoms with Gasteiger partial charge < -0.3 is 14.2 Å². The summed E-state index contributed by atoms with van der Waals surface area (Å²) in [6, 6.07) is 12.4.